The lowest BCUT2D eigenvalue weighted by molar-refractivity contribution is -0.117. The molecule has 1 amide bonds. The van der Waals surface area contributed by atoms with Crippen molar-refractivity contribution in [3.8, 4) is 28.1 Å². The minimum Gasteiger partial charge on any atom is -0.303 e. The van der Waals surface area contributed by atoms with Crippen LogP contribution in [0, 0.1) is 0 Å². The molecule has 0 aliphatic carbocycles. The van der Waals surface area contributed by atoms with Crippen molar-refractivity contribution in [3.05, 3.63) is 124 Å². The van der Waals surface area contributed by atoms with E-state index >= 15 is 0 Å². The third-order valence-electron chi connectivity index (χ3n) is 7.42. The van der Waals surface area contributed by atoms with Crippen LogP contribution in [0.3, 0.4) is 0 Å². The minimum absolute atomic E-state index is 0.255. The van der Waals surface area contributed by atoms with Gasteiger partial charge in [0, 0.05) is 28.9 Å². The van der Waals surface area contributed by atoms with Crippen molar-refractivity contribution >= 4 is 45.0 Å². The summed E-state index contributed by atoms with van der Waals surface area (Å²) < 4.78 is 29.6. The predicted octanol–water partition coefficient (Wildman–Crippen LogP) is 7.41. The van der Waals surface area contributed by atoms with Gasteiger partial charge in [0.25, 0.3) is 5.91 Å². The van der Waals surface area contributed by atoms with Gasteiger partial charge in [-0.05, 0) is 70.6 Å². The average molecular weight is 632 g/mol. The molecule has 10 heteroatoms. The molecule has 1 N–H and O–H groups in total. The van der Waals surface area contributed by atoms with Gasteiger partial charge in [0.1, 0.15) is 12.4 Å². The van der Waals surface area contributed by atoms with E-state index in [4.69, 9.17) is 28.2 Å². The fourth-order valence-electron chi connectivity index (χ4n) is 5.12. The summed E-state index contributed by atoms with van der Waals surface area (Å²) in [6.07, 6.45) is 2.45. The van der Waals surface area contributed by atoms with Gasteiger partial charge in [0.15, 0.2) is 0 Å². The number of imidazole rings is 1. The van der Waals surface area contributed by atoms with Crippen molar-refractivity contribution < 1.29 is 13.2 Å². The normalized spacial score (nSPS) is 14.3. The first-order valence-electron chi connectivity index (χ1n) is 13.7. The lowest BCUT2D eigenvalue weighted by Crippen LogP contribution is -2.29. The van der Waals surface area contributed by atoms with Crippen molar-refractivity contribution in [2.45, 2.75) is 26.2 Å². The summed E-state index contributed by atoms with van der Waals surface area (Å²) >= 11 is 12.7. The Morgan fingerprint density at radius 1 is 0.884 bits per heavy atom. The van der Waals surface area contributed by atoms with E-state index < -0.39 is 16.1 Å². The number of rotatable bonds is 7. The Morgan fingerprint density at radius 2 is 1.60 bits per heavy atom. The minimum atomic E-state index is -3.90. The van der Waals surface area contributed by atoms with Gasteiger partial charge in [-0.2, -0.15) is 8.42 Å². The van der Waals surface area contributed by atoms with Crippen LogP contribution in [0.25, 0.3) is 28.1 Å². The molecule has 1 fully saturated rings. The third kappa shape index (κ3) is 6.04. The molecule has 6 rings (SSSR count). The van der Waals surface area contributed by atoms with Gasteiger partial charge < -0.3 is 4.57 Å². The lowest BCUT2D eigenvalue weighted by atomic mass is 9.96. The van der Waals surface area contributed by atoms with E-state index in [2.05, 4.69) is 62.4 Å². The van der Waals surface area contributed by atoms with Crippen molar-refractivity contribution in [2.75, 3.05) is 10.8 Å². The predicted molar refractivity (Wildman–Crippen MR) is 172 cm³/mol. The summed E-state index contributed by atoms with van der Waals surface area (Å²) in [4.78, 5) is 16.7. The molecule has 1 aliphatic rings. The molecule has 0 radical (unpaired) electrons. The van der Waals surface area contributed by atoms with Crippen molar-refractivity contribution in [1.29, 1.82) is 0 Å². The Hall–Kier alpha value is -4.11. The van der Waals surface area contributed by atoms with E-state index in [0.717, 1.165) is 32.5 Å². The Morgan fingerprint density at radius 3 is 2.26 bits per heavy atom. The number of nitrogens with one attached hydrogen (secondary N) is 1. The number of amides is 1. The maximum Gasteiger partial charge on any atom is 0.326 e. The first-order chi connectivity index (χ1) is 20.6. The second-order valence-electron chi connectivity index (χ2n) is 10.7. The van der Waals surface area contributed by atoms with Crippen LogP contribution in [-0.4, -0.2) is 30.4 Å². The molecular weight excluding hydrogens is 603 g/mol. The lowest BCUT2D eigenvalue weighted by Gasteiger charge is -2.15. The molecule has 1 saturated heterocycles. The summed E-state index contributed by atoms with van der Waals surface area (Å²) in [6, 6.07) is 29.3. The zero-order valence-electron chi connectivity index (χ0n) is 23.5. The van der Waals surface area contributed by atoms with Gasteiger partial charge in [0.05, 0.1) is 16.4 Å². The van der Waals surface area contributed by atoms with Crippen LogP contribution in [-0.2, 0) is 21.4 Å². The summed E-state index contributed by atoms with van der Waals surface area (Å²) in [5.74, 6) is 0.660. The number of halogens is 2. The Labute approximate surface area is 260 Å². The number of nitrogens with zero attached hydrogens (tertiary/aromatic N) is 3. The largest absolute Gasteiger partial charge is 0.326 e. The summed E-state index contributed by atoms with van der Waals surface area (Å²) in [6.45, 7) is 4.13. The van der Waals surface area contributed by atoms with Crippen molar-refractivity contribution in [2.24, 2.45) is 0 Å². The maximum atomic E-state index is 12.3. The average Bonchev–Trinajstić information content (AvgIpc) is 3.52. The molecular formula is C33H28Cl2N4O3S. The molecule has 0 bridgehead atoms. The molecule has 0 atom stereocenters. The van der Waals surface area contributed by atoms with E-state index in [9.17, 15) is 13.2 Å². The Bertz CT molecular complexity index is 1940. The highest BCUT2D eigenvalue weighted by atomic mass is 35.5. The second kappa shape index (κ2) is 11.5. The Balaban J connectivity index is 1.34. The monoisotopic (exact) mass is 630 g/mol. The first-order valence-corrected chi connectivity index (χ1v) is 15.9. The van der Waals surface area contributed by atoms with E-state index in [1.165, 1.54) is 11.1 Å². The fourth-order valence-corrected chi connectivity index (χ4v) is 6.78. The second-order valence-corrected chi connectivity index (χ2v) is 13.2. The molecule has 1 aromatic heterocycles. The van der Waals surface area contributed by atoms with Gasteiger partial charge in [-0.1, -0.05) is 85.6 Å². The number of hydrogen-bond donors (Lipinski definition) is 1. The van der Waals surface area contributed by atoms with Gasteiger partial charge in [-0.15, -0.1) is 0 Å². The highest BCUT2D eigenvalue weighted by Gasteiger charge is 2.33. The van der Waals surface area contributed by atoms with Crippen LogP contribution < -0.4 is 9.03 Å². The van der Waals surface area contributed by atoms with Crippen molar-refractivity contribution in [1.82, 2.24) is 14.3 Å². The van der Waals surface area contributed by atoms with E-state index in [0.29, 0.717) is 33.8 Å². The van der Waals surface area contributed by atoms with Gasteiger partial charge >= 0.3 is 10.2 Å². The van der Waals surface area contributed by atoms with Crippen LogP contribution in [0.4, 0.5) is 5.69 Å². The zero-order valence-corrected chi connectivity index (χ0v) is 25.8. The number of carbonyl (C=O) groups excluding carboxylic acids is 1. The maximum absolute atomic E-state index is 12.3. The SMILES string of the molecule is CC(C)c1cccc(-c2ccc(Cc3nc(-c4ccc(Cl)cc4Cl)cn3-c3ccc(N4CC(=O)NS4(=O)=O)cc3)cc2)c1. The van der Waals surface area contributed by atoms with Crippen LogP contribution >= 0.6 is 23.2 Å². The van der Waals surface area contributed by atoms with Crippen LogP contribution in [0.15, 0.2) is 97.2 Å². The molecule has 0 unspecified atom stereocenters. The van der Waals surface area contributed by atoms with Gasteiger partial charge in [0.2, 0.25) is 0 Å². The van der Waals surface area contributed by atoms with Crippen LogP contribution in [0.2, 0.25) is 10.0 Å². The zero-order chi connectivity index (χ0) is 30.3. The first kappa shape index (κ1) is 29.0. The van der Waals surface area contributed by atoms with Gasteiger partial charge in [-0.25, -0.2) is 14.0 Å². The molecule has 2 heterocycles. The molecule has 43 heavy (non-hydrogen) atoms. The smallest absolute Gasteiger partial charge is 0.303 e. The number of hydrogen-bond acceptors (Lipinski definition) is 4. The number of carbonyl (C=O) groups is 1. The number of anilines is 1. The van der Waals surface area contributed by atoms with E-state index in [-0.39, 0.29) is 6.54 Å². The molecule has 218 valence electrons. The summed E-state index contributed by atoms with van der Waals surface area (Å²) in [7, 11) is -3.90. The number of benzene rings is 4. The van der Waals surface area contributed by atoms with E-state index in [1.807, 2.05) is 21.6 Å². The van der Waals surface area contributed by atoms with Gasteiger partial charge in [-0.3, -0.25) is 4.79 Å². The molecule has 1 aliphatic heterocycles. The quantitative estimate of drug-likeness (QED) is 0.203. The molecule has 7 nitrogen and oxygen atoms in total. The van der Waals surface area contributed by atoms with Crippen LogP contribution in [0.5, 0.6) is 0 Å². The van der Waals surface area contributed by atoms with Crippen molar-refractivity contribution in [3.63, 3.8) is 0 Å². The molecule has 0 saturated carbocycles. The van der Waals surface area contributed by atoms with Crippen LogP contribution in [0.1, 0.15) is 36.7 Å². The topological polar surface area (TPSA) is 84.3 Å². The molecule has 0 spiro atoms. The van der Waals surface area contributed by atoms with E-state index in [1.54, 1.807) is 36.4 Å². The molecule has 5 aromatic rings. The highest BCUT2D eigenvalue weighted by molar-refractivity contribution is 7.92. The molecule has 4 aromatic carbocycles. The standard InChI is InChI=1S/C33H28Cl2N4O3S/c1-21(2)24-4-3-5-25(17-24)23-8-6-22(7-9-23)16-32-36-31(29-15-10-26(34)18-30(29)35)19-38(32)27-11-13-28(14-12-27)39-20-33(40)37-43(39,41)42/h3-15,17-19,21H,16,20H2,1-2H3,(H,37,40). The fraction of sp³-hybridized carbons (Fsp3) is 0.152. The highest BCUT2D eigenvalue weighted by Crippen LogP contribution is 2.32. The summed E-state index contributed by atoms with van der Waals surface area (Å²) in [5.41, 5.74) is 7.29. The number of aromatic nitrogens is 2. The third-order valence-corrected chi connectivity index (χ3v) is 9.38. The Kier molecular flexibility index (Phi) is 7.77. The summed E-state index contributed by atoms with van der Waals surface area (Å²) in [5, 5.41) is 1.02.